The molecule has 2 atom stereocenters. The van der Waals surface area contributed by atoms with Crippen LogP contribution in [0.25, 0.3) is 0 Å². The summed E-state index contributed by atoms with van der Waals surface area (Å²) in [6.07, 6.45) is 1.70. The fourth-order valence-electron chi connectivity index (χ4n) is 1.49. The van der Waals surface area contributed by atoms with Gasteiger partial charge in [0.15, 0.2) is 0 Å². The number of rotatable bonds is 2. The van der Waals surface area contributed by atoms with Crippen molar-refractivity contribution in [2.24, 2.45) is 0 Å². The van der Waals surface area contributed by atoms with Crippen LogP contribution in [-0.4, -0.2) is 48.7 Å². The molecule has 1 aliphatic heterocycles. The lowest BCUT2D eigenvalue weighted by Crippen LogP contribution is -2.50. The smallest absolute Gasteiger partial charge is 0.320 e. The number of aliphatic carboxylic acids is 1. The number of likely N-dealkylation sites (N-methyl/N-ethyl adjacent to an activating group) is 1. The van der Waals surface area contributed by atoms with Crippen LogP contribution in [-0.2, 0) is 4.79 Å². The van der Waals surface area contributed by atoms with Gasteiger partial charge in [0.1, 0.15) is 6.04 Å². The Bertz CT molecular complexity index is 162. The molecule has 4 heteroatoms. The molecule has 1 aliphatic rings. The lowest BCUT2D eigenvalue weighted by molar-refractivity contribution is -0.140. The summed E-state index contributed by atoms with van der Waals surface area (Å²) in [7, 11) is 4.04. The number of hydrogen-bond acceptors (Lipinski definition) is 3. The van der Waals surface area contributed by atoms with Gasteiger partial charge in [0.05, 0.1) is 0 Å². The lowest BCUT2D eigenvalue weighted by atomic mass is 10.0. The van der Waals surface area contributed by atoms with E-state index in [0.29, 0.717) is 6.04 Å². The first kappa shape index (κ1) is 9.48. The van der Waals surface area contributed by atoms with Crippen molar-refractivity contribution >= 4 is 5.97 Å². The van der Waals surface area contributed by atoms with Gasteiger partial charge in [0, 0.05) is 12.6 Å². The molecule has 2 unspecified atom stereocenters. The van der Waals surface area contributed by atoms with Crippen molar-refractivity contribution < 1.29 is 9.90 Å². The molecular formula is C8H16N2O2. The van der Waals surface area contributed by atoms with Crippen molar-refractivity contribution in [2.75, 3.05) is 20.6 Å². The van der Waals surface area contributed by atoms with Gasteiger partial charge in [-0.15, -0.1) is 0 Å². The third-order valence-corrected chi connectivity index (χ3v) is 2.42. The van der Waals surface area contributed by atoms with E-state index >= 15 is 0 Å². The molecule has 0 aromatic rings. The first-order valence-electron chi connectivity index (χ1n) is 4.24. The fraction of sp³-hybridized carbons (Fsp3) is 0.875. The second kappa shape index (κ2) is 3.87. The van der Waals surface area contributed by atoms with Gasteiger partial charge in [-0.25, -0.2) is 0 Å². The summed E-state index contributed by atoms with van der Waals surface area (Å²) in [4.78, 5) is 12.7. The standard InChI is InChI=1S/C8H16N2O2/c1-10(2)6-3-4-7(8(11)12)9-5-6/h6-7,9H,3-5H2,1-2H3,(H,11,12). The number of piperidine rings is 1. The Morgan fingerprint density at radius 2 is 2.17 bits per heavy atom. The van der Waals surface area contributed by atoms with Gasteiger partial charge in [0.25, 0.3) is 0 Å². The summed E-state index contributed by atoms with van der Waals surface area (Å²) in [5, 5.41) is 11.7. The minimum Gasteiger partial charge on any atom is -0.480 e. The Balaban J connectivity index is 2.34. The van der Waals surface area contributed by atoms with Crippen LogP contribution in [0.2, 0.25) is 0 Å². The average molecular weight is 172 g/mol. The number of hydrogen-bond donors (Lipinski definition) is 2. The summed E-state index contributed by atoms with van der Waals surface area (Å²) in [5.74, 6) is -0.729. The minimum atomic E-state index is -0.729. The van der Waals surface area contributed by atoms with Crippen LogP contribution in [0.15, 0.2) is 0 Å². The van der Waals surface area contributed by atoms with Gasteiger partial charge in [0.2, 0.25) is 0 Å². The molecule has 1 heterocycles. The van der Waals surface area contributed by atoms with E-state index in [1.807, 2.05) is 14.1 Å². The highest BCUT2D eigenvalue weighted by Gasteiger charge is 2.25. The normalized spacial score (nSPS) is 30.6. The molecule has 0 aliphatic carbocycles. The maximum atomic E-state index is 10.6. The SMILES string of the molecule is CN(C)C1CCC(C(=O)O)NC1. The van der Waals surface area contributed by atoms with E-state index in [0.717, 1.165) is 19.4 Å². The van der Waals surface area contributed by atoms with Crippen LogP contribution >= 0.6 is 0 Å². The van der Waals surface area contributed by atoms with Crippen LogP contribution in [0.4, 0.5) is 0 Å². The maximum Gasteiger partial charge on any atom is 0.320 e. The highest BCUT2D eigenvalue weighted by Crippen LogP contribution is 2.11. The zero-order valence-electron chi connectivity index (χ0n) is 7.58. The molecule has 0 radical (unpaired) electrons. The Morgan fingerprint density at radius 1 is 1.50 bits per heavy atom. The summed E-state index contributed by atoms with van der Waals surface area (Å²) < 4.78 is 0. The topological polar surface area (TPSA) is 52.6 Å². The molecule has 0 aromatic heterocycles. The van der Waals surface area contributed by atoms with E-state index in [1.54, 1.807) is 0 Å². The van der Waals surface area contributed by atoms with Crippen molar-refractivity contribution in [3.8, 4) is 0 Å². The van der Waals surface area contributed by atoms with Gasteiger partial charge in [-0.1, -0.05) is 0 Å². The quantitative estimate of drug-likeness (QED) is 0.603. The Labute approximate surface area is 72.6 Å². The van der Waals surface area contributed by atoms with Gasteiger partial charge in [-0.3, -0.25) is 4.79 Å². The molecule has 12 heavy (non-hydrogen) atoms. The molecule has 70 valence electrons. The van der Waals surface area contributed by atoms with Crippen LogP contribution in [0, 0.1) is 0 Å². The molecule has 1 saturated heterocycles. The van der Waals surface area contributed by atoms with E-state index in [9.17, 15) is 4.79 Å². The summed E-state index contributed by atoms with van der Waals surface area (Å²) in [5.41, 5.74) is 0. The molecule has 0 aromatic carbocycles. The highest BCUT2D eigenvalue weighted by molar-refractivity contribution is 5.73. The van der Waals surface area contributed by atoms with Crippen LogP contribution < -0.4 is 5.32 Å². The molecule has 0 spiro atoms. The van der Waals surface area contributed by atoms with Gasteiger partial charge in [-0.2, -0.15) is 0 Å². The Hall–Kier alpha value is -0.610. The summed E-state index contributed by atoms with van der Waals surface area (Å²) >= 11 is 0. The second-order valence-corrected chi connectivity index (χ2v) is 3.49. The van der Waals surface area contributed by atoms with E-state index < -0.39 is 5.97 Å². The largest absolute Gasteiger partial charge is 0.480 e. The number of nitrogens with one attached hydrogen (secondary N) is 1. The second-order valence-electron chi connectivity index (χ2n) is 3.49. The monoisotopic (exact) mass is 172 g/mol. The van der Waals surface area contributed by atoms with E-state index in [2.05, 4.69) is 10.2 Å². The maximum absolute atomic E-state index is 10.6. The third-order valence-electron chi connectivity index (χ3n) is 2.42. The number of nitrogens with zero attached hydrogens (tertiary/aromatic N) is 1. The molecule has 1 fully saturated rings. The average Bonchev–Trinajstić information content (AvgIpc) is 2.04. The van der Waals surface area contributed by atoms with Crippen LogP contribution in [0.1, 0.15) is 12.8 Å². The predicted octanol–water partition coefficient (Wildman–Crippen LogP) is -0.247. The van der Waals surface area contributed by atoms with Crippen molar-refractivity contribution in [3.63, 3.8) is 0 Å². The Morgan fingerprint density at radius 3 is 2.50 bits per heavy atom. The summed E-state index contributed by atoms with van der Waals surface area (Å²) in [6, 6.07) is 0.154. The fourth-order valence-corrected chi connectivity index (χ4v) is 1.49. The van der Waals surface area contributed by atoms with E-state index in [1.165, 1.54) is 0 Å². The van der Waals surface area contributed by atoms with Crippen LogP contribution in [0.3, 0.4) is 0 Å². The molecular weight excluding hydrogens is 156 g/mol. The minimum absolute atomic E-state index is 0.332. The molecule has 4 nitrogen and oxygen atoms in total. The zero-order chi connectivity index (χ0) is 9.14. The highest BCUT2D eigenvalue weighted by atomic mass is 16.4. The number of carboxylic acids is 1. The van der Waals surface area contributed by atoms with Crippen molar-refractivity contribution in [1.29, 1.82) is 0 Å². The zero-order valence-corrected chi connectivity index (χ0v) is 7.58. The van der Waals surface area contributed by atoms with Gasteiger partial charge < -0.3 is 15.3 Å². The first-order valence-corrected chi connectivity index (χ1v) is 4.24. The van der Waals surface area contributed by atoms with Crippen LogP contribution in [0.5, 0.6) is 0 Å². The molecule has 0 bridgehead atoms. The van der Waals surface area contributed by atoms with Gasteiger partial charge >= 0.3 is 5.97 Å². The molecule has 0 saturated carbocycles. The van der Waals surface area contributed by atoms with Crippen molar-refractivity contribution in [2.45, 2.75) is 24.9 Å². The number of carbonyl (C=O) groups is 1. The molecule has 0 amide bonds. The number of carboxylic acid groups (broad SMARTS) is 1. The lowest BCUT2D eigenvalue weighted by Gasteiger charge is -2.31. The van der Waals surface area contributed by atoms with Crippen molar-refractivity contribution in [1.82, 2.24) is 10.2 Å². The molecule has 2 N–H and O–H groups in total. The predicted molar refractivity (Wildman–Crippen MR) is 46.1 cm³/mol. The van der Waals surface area contributed by atoms with Crippen molar-refractivity contribution in [3.05, 3.63) is 0 Å². The first-order chi connectivity index (χ1) is 5.61. The van der Waals surface area contributed by atoms with Gasteiger partial charge in [-0.05, 0) is 26.9 Å². The molecule has 1 rings (SSSR count). The Kier molecular flexibility index (Phi) is 3.05. The van der Waals surface area contributed by atoms with E-state index in [-0.39, 0.29) is 6.04 Å². The van der Waals surface area contributed by atoms with E-state index in [4.69, 9.17) is 5.11 Å². The summed E-state index contributed by atoms with van der Waals surface area (Å²) in [6.45, 7) is 0.782. The third kappa shape index (κ3) is 2.19.